The van der Waals surface area contributed by atoms with Crippen molar-refractivity contribution in [2.24, 2.45) is 23.2 Å². The van der Waals surface area contributed by atoms with Crippen LogP contribution in [0.5, 0.6) is 0 Å². The average Bonchev–Trinajstić information content (AvgIpc) is 2.40. The lowest BCUT2D eigenvalue weighted by molar-refractivity contribution is -0.688. The summed E-state index contributed by atoms with van der Waals surface area (Å²) in [7, 11) is 0. The van der Waals surface area contributed by atoms with Crippen LogP contribution in [0.25, 0.3) is 0 Å². The Morgan fingerprint density at radius 1 is 1.10 bits per heavy atom. The Labute approximate surface area is 129 Å². The Morgan fingerprint density at radius 2 is 1.67 bits per heavy atom. The zero-order valence-electron chi connectivity index (χ0n) is 13.9. The van der Waals surface area contributed by atoms with Gasteiger partial charge in [-0.05, 0) is 82.0 Å². The number of nitrogens with two attached hydrogens (primary N) is 1. The summed E-state index contributed by atoms with van der Waals surface area (Å²) in [5, 5.41) is 12.1. The van der Waals surface area contributed by atoms with E-state index in [9.17, 15) is 5.11 Å². The normalized spacial score (nSPS) is 39.1. The fourth-order valence-electron chi connectivity index (χ4n) is 5.60. The number of ether oxygens (including phenoxy) is 1. The van der Waals surface area contributed by atoms with Gasteiger partial charge in [0.15, 0.2) is 0 Å². The van der Waals surface area contributed by atoms with Crippen molar-refractivity contribution in [3.05, 3.63) is 0 Å². The second-order valence-corrected chi connectivity index (χ2v) is 8.61. The third-order valence-electron chi connectivity index (χ3n) is 6.13. The van der Waals surface area contributed by atoms with Crippen molar-refractivity contribution in [1.29, 1.82) is 0 Å². The molecule has 3 N–H and O–H groups in total. The molecule has 0 aliphatic heterocycles. The van der Waals surface area contributed by atoms with Gasteiger partial charge < -0.3 is 15.2 Å². The molecule has 4 saturated carbocycles. The van der Waals surface area contributed by atoms with Gasteiger partial charge in [0.05, 0.1) is 12.6 Å². The minimum atomic E-state index is -0.316. The maximum Gasteiger partial charge on any atom is 0.126 e. The topological polar surface area (TPSA) is 46.1 Å². The van der Waals surface area contributed by atoms with Crippen LogP contribution in [0.3, 0.4) is 0 Å². The lowest BCUT2D eigenvalue weighted by Gasteiger charge is -2.57. The maximum absolute atomic E-state index is 9.90. The molecule has 0 spiro atoms. The van der Waals surface area contributed by atoms with Crippen molar-refractivity contribution in [1.82, 2.24) is 0 Å². The third kappa shape index (κ3) is 4.00. The first-order valence-electron chi connectivity index (χ1n) is 9.14. The molecule has 0 saturated heterocycles. The van der Waals surface area contributed by atoms with Gasteiger partial charge in [-0.15, -0.1) is 0 Å². The summed E-state index contributed by atoms with van der Waals surface area (Å²) in [6.07, 6.45) is 9.86. The minimum absolute atomic E-state index is 0.316. The number of hydrogen-bond acceptors (Lipinski definition) is 2. The summed E-state index contributed by atoms with van der Waals surface area (Å²) in [4.78, 5) is 0. The highest BCUT2D eigenvalue weighted by Gasteiger charge is 2.50. The highest BCUT2D eigenvalue weighted by Crippen LogP contribution is 2.61. The van der Waals surface area contributed by atoms with Gasteiger partial charge in [0, 0.05) is 6.61 Å². The van der Waals surface area contributed by atoms with Crippen LogP contribution < -0.4 is 5.32 Å². The molecule has 122 valence electrons. The molecule has 0 radical (unpaired) electrons. The van der Waals surface area contributed by atoms with Crippen molar-refractivity contribution in [3.63, 3.8) is 0 Å². The van der Waals surface area contributed by atoms with Crippen molar-refractivity contribution >= 4 is 0 Å². The molecule has 0 heterocycles. The molecule has 1 atom stereocenters. The average molecular weight is 296 g/mol. The molecule has 4 fully saturated rings. The van der Waals surface area contributed by atoms with E-state index in [0.29, 0.717) is 18.1 Å². The molecule has 0 unspecified atom stereocenters. The molecule has 3 heteroatoms. The first kappa shape index (κ1) is 15.8. The van der Waals surface area contributed by atoms with E-state index in [0.717, 1.165) is 30.9 Å². The molecule has 0 aromatic carbocycles. The van der Waals surface area contributed by atoms with Crippen molar-refractivity contribution in [2.45, 2.75) is 70.9 Å². The molecular formula is C18H34NO2+. The summed E-state index contributed by atoms with van der Waals surface area (Å²) in [5.41, 5.74) is 0.615. The Balaban J connectivity index is 1.36. The highest BCUT2D eigenvalue weighted by atomic mass is 16.5. The molecule has 21 heavy (non-hydrogen) atoms. The van der Waals surface area contributed by atoms with Crippen LogP contribution in [-0.4, -0.2) is 37.0 Å². The van der Waals surface area contributed by atoms with E-state index in [1.807, 2.05) is 0 Å². The summed E-state index contributed by atoms with van der Waals surface area (Å²) >= 11 is 0. The Hall–Kier alpha value is -0.120. The number of aliphatic hydroxyl groups excluding tert-OH is 1. The molecule has 4 aliphatic rings. The second-order valence-electron chi connectivity index (χ2n) is 8.61. The monoisotopic (exact) mass is 296 g/mol. The SMILES string of the molecule is CC(C)[NH2+]C[C@H](O)COCCC12CC3CC(CC(C3)C1)C2. The van der Waals surface area contributed by atoms with Gasteiger partial charge in [0.2, 0.25) is 0 Å². The number of aliphatic hydroxyl groups is 1. The smallest absolute Gasteiger partial charge is 0.126 e. The van der Waals surface area contributed by atoms with Crippen LogP contribution >= 0.6 is 0 Å². The highest BCUT2D eigenvalue weighted by molar-refractivity contribution is 5.01. The van der Waals surface area contributed by atoms with Crippen LogP contribution in [0, 0.1) is 23.2 Å². The lowest BCUT2D eigenvalue weighted by Crippen LogP contribution is -2.90. The summed E-state index contributed by atoms with van der Waals surface area (Å²) in [6.45, 7) is 6.43. The van der Waals surface area contributed by atoms with Crippen LogP contribution in [0.15, 0.2) is 0 Å². The Bertz CT molecular complexity index is 307. The van der Waals surface area contributed by atoms with Gasteiger partial charge in [-0.2, -0.15) is 0 Å². The van der Waals surface area contributed by atoms with Gasteiger partial charge >= 0.3 is 0 Å². The third-order valence-corrected chi connectivity index (χ3v) is 6.13. The Kier molecular flexibility index (Phi) is 4.92. The van der Waals surface area contributed by atoms with Gasteiger partial charge in [-0.3, -0.25) is 0 Å². The van der Waals surface area contributed by atoms with Gasteiger partial charge in [-0.25, -0.2) is 0 Å². The Morgan fingerprint density at radius 3 is 2.19 bits per heavy atom. The second kappa shape index (κ2) is 6.55. The minimum Gasteiger partial charge on any atom is -0.385 e. The molecule has 0 aromatic rings. The van der Waals surface area contributed by atoms with Crippen molar-refractivity contribution in [3.8, 4) is 0 Å². The van der Waals surface area contributed by atoms with Crippen LogP contribution in [0.1, 0.15) is 58.8 Å². The molecule has 0 aromatic heterocycles. The van der Waals surface area contributed by atoms with Crippen LogP contribution in [0.2, 0.25) is 0 Å². The van der Waals surface area contributed by atoms with E-state index in [1.165, 1.54) is 44.9 Å². The van der Waals surface area contributed by atoms with E-state index in [-0.39, 0.29) is 6.10 Å². The maximum atomic E-state index is 9.90. The van der Waals surface area contributed by atoms with E-state index in [2.05, 4.69) is 19.2 Å². The summed E-state index contributed by atoms with van der Waals surface area (Å²) < 4.78 is 5.80. The van der Waals surface area contributed by atoms with E-state index in [4.69, 9.17) is 4.74 Å². The molecule has 4 aliphatic carbocycles. The molecule has 4 bridgehead atoms. The predicted octanol–water partition coefficient (Wildman–Crippen LogP) is 1.94. The molecule has 4 rings (SSSR count). The fourth-order valence-corrected chi connectivity index (χ4v) is 5.60. The first-order valence-corrected chi connectivity index (χ1v) is 9.14. The van der Waals surface area contributed by atoms with Crippen molar-refractivity contribution in [2.75, 3.05) is 19.8 Å². The first-order chi connectivity index (χ1) is 10.0. The number of quaternary nitrogens is 1. The van der Waals surface area contributed by atoms with Gasteiger partial charge in [-0.1, -0.05) is 0 Å². The predicted molar refractivity (Wildman–Crippen MR) is 84.0 cm³/mol. The van der Waals surface area contributed by atoms with Crippen molar-refractivity contribution < 1.29 is 15.2 Å². The van der Waals surface area contributed by atoms with E-state index < -0.39 is 0 Å². The number of hydrogen-bond donors (Lipinski definition) is 2. The van der Waals surface area contributed by atoms with Crippen LogP contribution in [0.4, 0.5) is 0 Å². The van der Waals surface area contributed by atoms with Crippen LogP contribution in [-0.2, 0) is 4.74 Å². The number of rotatable bonds is 8. The summed E-state index contributed by atoms with van der Waals surface area (Å²) in [5.74, 6) is 3.09. The molecular weight excluding hydrogens is 262 g/mol. The fraction of sp³-hybridized carbons (Fsp3) is 1.00. The quantitative estimate of drug-likeness (QED) is 0.673. The molecule has 3 nitrogen and oxygen atoms in total. The van der Waals surface area contributed by atoms with E-state index >= 15 is 0 Å². The van der Waals surface area contributed by atoms with Gasteiger partial charge in [0.25, 0.3) is 0 Å². The molecule has 0 amide bonds. The standard InChI is InChI=1S/C18H33NO2/c1-13(2)19-11-17(20)12-21-4-3-18-8-14-5-15(9-18)7-16(6-14)10-18/h13-17,19-20H,3-12H2,1-2H3/p+1/t14?,15?,16?,17-,18?/m0/s1. The van der Waals surface area contributed by atoms with Gasteiger partial charge in [0.1, 0.15) is 12.6 Å². The van der Waals surface area contributed by atoms with E-state index in [1.54, 1.807) is 0 Å². The largest absolute Gasteiger partial charge is 0.385 e. The zero-order valence-corrected chi connectivity index (χ0v) is 13.9. The summed E-state index contributed by atoms with van der Waals surface area (Å²) in [6, 6.07) is 0.548. The lowest BCUT2D eigenvalue weighted by atomic mass is 9.49. The zero-order chi connectivity index (χ0) is 14.9.